The molecule has 0 radical (unpaired) electrons. The lowest BCUT2D eigenvalue weighted by Crippen LogP contribution is -2.37. The standard InChI is InChI=1S/C30H27FN2O3/c1-18-27(30(35)33-23-10-6-9-22(31)17-23)28(20-11-13-24(36-2)14-12-20)29-25(32-18)15-21(16-26(29)34)19-7-4-3-5-8-19/h3-14,17,21,28,32H,15-16H2,1-2H3,(H,33,35). The number of nitrogens with one attached hydrogen (secondary N) is 2. The van der Waals surface area contributed by atoms with Crippen LogP contribution in [0.4, 0.5) is 10.1 Å². The van der Waals surface area contributed by atoms with Gasteiger partial charge < -0.3 is 15.4 Å². The fourth-order valence-electron chi connectivity index (χ4n) is 5.20. The summed E-state index contributed by atoms with van der Waals surface area (Å²) in [4.78, 5) is 27.2. The lowest BCUT2D eigenvalue weighted by atomic mass is 9.71. The second-order valence-electron chi connectivity index (χ2n) is 9.17. The number of anilines is 1. The minimum absolute atomic E-state index is 0.0157. The summed E-state index contributed by atoms with van der Waals surface area (Å²) in [5.41, 5.74) is 4.87. The summed E-state index contributed by atoms with van der Waals surface area (Å²) in [6.45, 7) is 1.84. The van der Waals surface area contributed by atoms with E-state index >= 15 is 0 Å². The predicted octanol–water partition coefficient (Wildman–Crippen LogP) is 5.83. The maximum absolute atomic E-state index is 13.8. The maximum Gasteiger partial charge on any atom is 0.254 e. The fraction of sp³-hybridized carbons (Fsp3) is 0.200. The van der Waals surface area contributed by atoms with Crippen molar-refractivity contribution in [2.45, 2.75) is 31.6 Å². The van der Waals surface area contributed by atoms with Crippen LogP contribution in [-0.2, 0) is 9.59 Å². The Bertz CT molecular complexity index is 1380. The van der Waals surface area contributed by atoms with Gasteiger partial charge in [0, 0.05) is 40.6 Å². The minimum atomic E-state index is -0.551. The zero-order valence-electron chi connectivity index (χ0n) is 20.2. The van der Waals surface area contributed by atoms with E-state index in [4.69, 9.17) is 4.74 Å². The van der Waals surface area contributed by atoms with Gasteiger partial charge in [-0.3, -0.25) is 9.59 Å². The first-order chi connectivity index (χ1) is 17.4. The molecule has 0 fully saturated rings. The molecule has 2 aliphatic rings. The highest BCUT2D eigenvalue weighted by molar-refractivity contribution is 6.10. The summed E-state index contributed by atoms with van der Waals surface area (Å²) < 4.78 is 19.1. The topological polar surface area (TPSA) is 67.4 Å². The van der Waals surface area contributed by atoms with Gasteiger partial charge in [-0.2, -0.15) is 0 Å². The van der Waals surface area contributed by atoms with Gasteiger partial charge in [0.05, 0.1) is 7.11 Å². The Hall–Kier alpha value is -4.19. The largest absolute Gasteiger partial charge is 0.497 e. The Morgan fingerprint density at radius 1 is 0.972 bits per heavy atom. The van der Waals surface area contributed by atoms with Crippen molar-refractivity contribution in [3.05, 3.63) is 118 Å². The molecule has 1 heterocycles. The average molecular weight is 483 g/mol. The Kier molecular flexibility index (Phi) is 6.42. The molecule has 6 heteroatoms. The predicted molar refractivity (Wildman–Crippen MR) is 137 cm³/mol. The van der Waals surface area contributed by atoms with Crippen molar-refractivity contribution in [2.75, 3.05) is 12.4 Å². The van der Waals surface area contributed by atoms with Crippen LogP contribution in [0.2, 0.25) is 0 Å². The van der Waals surface area contributed by atoms with Crippen molar-refractivity contribution in [1.82, 2.24) is 5.32 Å². The number of hydrogen-bond acceptors (Lipinski definition) is 4. The van der Waals surface area contributed by atoms with Crippen LogP contribution in [0.15, 0.2) is 101 Å². The van der Waals surface area contributed by atoms with E-state index in [-0.39, 0.29) is 17.6 Å². The number of ketones is 1. The van der Waals surface area contributed by atoms with Gasteiger partial charge in [-0.1, -0.05) is 48.5 Å². The Morgan fingerprint density at radius 3 is 2.42 bits per heavy atom. The number of carbonyl (C=O) groups is 2. The van der Waals surface area contributed by atoms with Crippen molar-refractivity contribution in [3.8, 4) is 5.75 Å². The smallest absolute Gasteiger partial charge is 0.254 e. The number of Topliss-reactive ketones (excluding diaryl/α,β-unsaturated/α-hetero) is 1. The third-order valence-electron chi connectivity index (χ3n) is 6.87. The molecule has 2 atom stereocenters. The van der Waals surface area contributed by atoms with Crippen LogP contribution in [0, 0.1) is 5.82 Å². The van der Waals surface area contributed by atoms with Crippen LogP contribution in [0.3, 0.4) is 0 Å². The molecular weight excluding hydrogens is 455 g/mol. The fourth-order valence-corrected chi connectivity index (χ4v) is 5.20. The van der Waals surface area contributed by atoms with E-state index < -0.39 is 11.7 Å². The van der Waals surface area contributed by atoms with E-state index in [0.717, 1.165) is 16.8 Å². The van der Waals surface area contributed by atoms with Crippen LogP contribution in [-0.4, -0.2) is 18.8 Å². The number of halogens is 1. The van der Waals surface area contributed by atoms with Gasteiger partial charge in [-0.25, -0.2) is 4.39 Å². The van der Waals surface area contributed by atoms with E-state index in [1.807, 2.05) is 61.5 Å². The molecule has 1 amide bonds. The van der Waals surface area contributed by atoms with Crippen LogP contribution >= 0.6 is 0 Å². The Balaban J connectivity index is 1.56. The number of allylic oxidation sites excluding steroid dienone is 3. The second kappa shape index (κ2) is 9.82. The Morgan fingerprint density at radius 2 is 1.72 bits per heavy atom. The third-order valence-corrected chi connectivity index (χ3v) is 6.87. The molecule has 0 saturated heterocycles. The molecule has 0 spiro atoms. The van der Waals surface area contributed by atoms with E-state index in [1.54, 1.807) is 19.2 Å². The minimum Gasteiger partial charge on any atom is -0.497 e. The van der Waals surface area contributed by atoms with Crippen LogP contribution in [0.25, 0.3) is 0 Å². The SMILES string of the molecule is COc1ccc(C2C(C(=O)Nc3cccc(F)c3)=C(C)NC3=C2C(=O)CC(c2ccccc2)C3)cc1. The molecule has 0 aromatic heterocycles. The summed E-state index contributed by atoms with van der Waals surface area (Å²) >= 11 is 0. The molecule has 5 rings (SSSR count). The van der Waals surface area contributed by atoms with Gasteiger partial charge in [-0.05, 0) is 60.7 Å². The highest BCUT2D eigenvalue weighted by atomic mass is 19.1. The highest BCUT2D eigenvalue weighted by Crippen LogP contribution is 2.45. The molecule has 5 nitrogen and oxygen atoms in total. The molecule has 3 aromatic carbocycles. The Labute approximate surface area is 209 Å². The highest BCUT2D eigenvalue weighted by Gasteiger charge is 2.40. The van der Waals surface area contributed by atoms with Gasteiger partial charge in [0.2, 0.25) is 0 Å². The van der Waals surface area contributed by atoms with Crippen LogP contribution in [0.1, 0.15) is 42.7 Å². The lowest BCUT2D eigenvalue weighted by Gasteiger charge is -2.37. The number of amides is 1. The number of rotatable bonds is 5. The summed E-state index contributed by atoms with van der Waals surface area (Å²) in [7, 11) is 1.59. The van der Waals surface area contributed by atoms with Gasteiger partial charge in [-0.15, -0.1) is 0 Å². The molecular formula is C30H27FN2O3. The van der Waals surface area contributed by atoms with Crippen LogP contribution in [0.5, 0.6) is 5.75 Å². The molecule has 2 unspecified atom stereocenters. The zero-order valence-corrected chi connectivity index (χ0v) is 20.2. The van der Waals surface area contributed by atoms with Crippen molar-refractivity contribution in [3.63, 3.8) is 0 Å². The molecule has 2 N–H and O–H groups in total. The first-order valence-electron chi connectivity index (χ1n) is 11.9. The van der Waals surface area contributed by atoms with Crippen molar-refractivity contribution < 1.29 is 18.7 Å². The van der Waals surface area contributed by atoms with E-state index in [2.05, 4.69) is 10.6 Å². The maximum atomic E-state index is 13.8. The summed E-state index contributed by atoms with van der Waals surface area (Å²) in [5.74, 6) is -0.598. The van der Waals surface area contributed by atoms with E-state index in [1.165, 1.54) is 12.1 Å². The van der Waals surface area contributed by atoms with Crippen LogP contribution < -0.4 is 15.4 Å². The first kappa shape index (κ1) is 23.5. The number of ether oxygens (including phenoxy) is 1. The summed E-state index contributed by atoms with van der Waals surface area (Å²) in [6.07, 6.45) is 1.04. The molecule has 1 aliphatic heterocycles. The van der Waals surface area contributed by atoms with Crippen molar-refractivity contribution in [1.29, 1.82) is 0 Å². The monoisotopic (exact) mass is 482 g/mol. The molecule has 182 valence electrons. The molecule has 3 aromatic rings. The van der Waals surface area contributed by atoms with Gasteiger partial charge >= 0.3 is 0 Å². The molecule has 36 heavy (non-hydrogen) atoms. The number of dihydropyridines is 1. The molecule has 1 aliphatic carbocycles. The van der Waals surface area contributed by atoms with Gasteiger partial charge in [0.25, 0.3) is 5.91 Å². The summed E-state index contributed by atoms with van der Waals surface area (Å²) in [6, 6.07) is 23.2. The number of methoxy groups -OCH3 is 1. The van der Waals surface area contributed by atoms with E-state index in [0.29, 0.717) is 41.1 Å². The quantitative estimate of drug-likeness (QED) is 0.480. The van der Waals surface area contributed by atoms with Crippen molar-refractivity contribution >= 4 is 17.4 Å². The zero-order chi connectivity index (χ0) is 25.2. The van der Waals surface area contributed by atoms with Crippen molar-refractivity contribution in [2.24, 2.45) is 0 Å². The number of carbonyl (C=O) groups excluding carboxylic acids is 2. The summed E-state index contributed by atoms with van der Waals surface area (Å²) in [5, 5.41) is 6.19. The third kappa shape index (κ3) is 4.54. The molecule has 0 saturated carbocycles. The van der Waals surface area contributed by atoms with E-state index in [9.17, 15) is 14.0 Å². The second-order valence-corrected chi connectivity index (χ2v) is 9.17. The lowest BCUT2D eigenvalue weighted by molar-refractivity contribution is -0.116. The normalized spacial score (nSPS) is 19.5. The number of benzene rings is 3. The molecule has 0 bridgehead atoms. The average Bonchev–Trinajstić information content (AvgIpc) is 2.88. The first-order valence-corrected chi connectivity index (χ1v) is 11.9. The van der Waals surface area contributed by atoms with Gasteiger partial charge in [0.1, 0.15) is 11.6 Å². The number of hydrogen-bond donors (Lipinski definition) is 2. The van der Waals surface area contributed by atoms with Gasteiger partial charge in [0.15, 0.2) is 5.78 Å².